The summed E-state index contributed by atoms with van der Waals surface area (Å²) in [5.41, 5.74) is 1.99. The van der Waals surface area contributed by atoms with Gasteiger partial charge in [0.1, 0.15) is 0 Å². The van der Waals surface area contributed by atoms with Crippen LogP contribution in [0.1, 0.15) is 30.5 Å². The van der Waals surface area contributed by atoms with E-state index >= 15 is 0 Å². The van der Waals surface area contributed by atoms with Gasteiger partial charge >= 0.3 is 0 Å². The van der Waals surface area contributed by atoms with E-state index < -0.39 is 10.0 Å². The minimum absolute atomic E-state index is 0.0294. The van der Waals surface area contributed by atoms with Crippen LogP contribution in [0.25, 0.3) is 0 Å². The number of aryl methyl sites for hydroxylation is 1. The van der Waals surface area contributed by atoms with E-state index in [0.717, 1.165) is 11.1 Å². The van der Waals surface area contributed by atoms with Gasteiger partial charge < -0.3 is 5.32 Å². The Kier molecular flexibility index (Phi) is 6.11. The van der Waals surface area contributed by atoms with Gasteiger partial charge in [0.05, 0.1) is 10.9 Å². The molecular weight excluding hydrogens is 324 g/mol. The summed E-state index contributed by atoms with van der Waals surface area (Å²) in [6, 6.07) is 16.3. The number of sulfonamides is 1. The Balaban J connectivity index is 1.88. The van der Waals surface area contributed by atoms with Gasteiger partial charge in [0.15, 0.2) is 0 Å². The van der Waals surface area contributed by atoms with Crippen LogP contribution in [0, 0.1) is 0 Å². The average Bonchev–Trinajstić information content (AvgIpc) is 2.61. The first-order chi connectivity index (χ1) is 11.4. The molecule has 0 aliphatic carbocycles. The van der Waals surface area contributed by atoms with E-state index in [1.807, 2.05) is 37.3 Å². The topological polar surface area (TPSA) is 75.3 Å². The van der Waals surface area contributed by atoms with Crippen molar-refractivity contribution in [3.8, 4) is 0 Å². The van der Waals surface area contributed by atoms with Crippen molar-refractivity contribution in [2.75, 3.05) is 7.05 Å². The Morgan fingerprint density at radius 1 is 1.04 bits per heavy atom. The summed E-state index contributed by atoms with van der Waals surface area (Å²) in [5, 5.41) is 2.97. The van der Waals surface area contributed by atoms with Crippen molar-refractivity contribution in [2.45, 2.75) is 30.7 Å². The highest BCUT2D eigenvalue weighted by Gasteiger charge is 2.12. The Bertz CT molecular complexity index is 772. The molecule has 0 heterocycles. The molecule has 0 fully saturated rings. The first-order valence-corrected chi connectivity index (χ1v) is 9.27. The van der Waals surface area contributed by atoms with Gasteiger partial charge in [-0.25, -0.2) is 13.1 Å². The maximum absolute atomic E-state index is 12.1. The molecule has 1 unspecified atom stereocenters. The fraction of sp³-hybridized carbons (Fsp3) is 0.278. The number of nitrogens with one attached hydrogen (secondary N) is 2. The summed E-state index contributed by atoms with van der Waals surface area (Å²) in [6.07, 6.45) is 0.919. The number of carbonyl (C=O) groups excluding carboxylic acids is 1. The Morgan fingerprint density at radius 2 is 1.67 bits per heavy atom. The zero-order chi connectivity index (χ0) is 17.6. The lowest BCUT2D eigenvalue weighted by molar-refractivity contribution is -0.121. The Morgan fingerprint density at radius 3 is 2.25 bits per heavy atom. The second-order valence-corrected chi connectivity index (χ2v) is 7.44. The first kappa shape index (κ1) is 18.2. The predicted molar refractivity (Wildman–Crippen MR) is 94.0 cm³/mol. The predicted octanol–water partition coefficient (Wildman–Crippen LogP) is 2.40. The van der Waals surface area contributed by atoms with Crippen molar-refractivity contribution in [1.29, 1.82) is 0 Å². The third-order valence-electron chi connectivity index (χ3n) is 3.82. The van der Waals surface area contributed by atoms with Crippen LogP contribution in [0.15, 0.2) is 59.5 Å². The summed E-state index contributed by atoms with van der Waals surface area (Å²) < 4.78 is 25.6. The molecule has 6 heteroatoms. The highest BCUT2D eigenvalue weighted by Crippen LogP contribution is 2.13. The van der Waals surface area contributed by atoms with E-state index in [1.165, 1.54) is 7.05 Å². The Hall–Kier alpha value is -2.18. The number of hydrogen-bond acceptors (Lipinski definition) is 3. The molecule has 2 N–H and O–H groups in total. The molecule has 1 amide bonds. The third kappa shape index (κ3) is 4.91. The van der Waals surface area contributed by atoms with Crippen LogP contribution in [-0.2, 0) is 21.2 Å². The van der Waals surface area contributed by atoms with E-state index in [1.54, 1.807) is 24.3 Å². The van der Waals surface area contributed by atoms with Crippen LogP contribution < -0.4 is 10.0 Å². The maximum atomic E-state index is 12.1. The van der Waals surface area contributed by atoms with Crippen LogP contribution >= 0.6 is 0 Å². The largest absolute Gasteiger partial charge is 0.350 e. The summed E-state index contributed by atoms with van der Waals surface area (Å²) in [6.45, 7) is 1.95. The van der Waals surface area contributed by atoms with E-state index in [-0.39, 0.29) is 16.8 Å². The van der Waals surface area contributed by atoms with Gasteiger partial charge in [-0.05, 0) is 43.7 Å². The van der Waals surface area contributed by atoms with Gasteiger partial charge in [0.2, 0.25) is 15.9 Å². The summed E-state index contributed by atoms with van der Waals surface area (Å²) in [4.78, 5) is 12.3. The lowest BCUT2D eigenvalue weighted by Gasteiger charge is -2.14. The molecule has 0 saturated heterocycles. The monoisotopic (exact) mass is 346 g/mol. The molecule has 0 spiro atoms. The van der Waals surface area contributed by atoms with Crippen molar-refractivity contribution in [2.24, 2.45) is 0 Å². The van der Waals surface area contributed by atoms with Gasteiger partial charge in [0, 0.05) is 6.42 Å². The summed E-state index contributed by atoms with van der Waals surface area (Å²) in [5.74, 6) is -0.0294. The number of rotatable bonds is 7. The van der Waals surface area contributed by atoms with Gasteiger partial charge in [-0.2, -0.15) is 0 Å². The van der Waals surface area contributed by atoms with Crippen LogP contribution in [-0.4, -0.2) is 21.4 Å². The SMILES string of the molecule is CNS(=O)(=O)c1ccc(CCC(=O)NC(C)c2ccccc2)cc1. The fourth-order valence-corrected chi connectivity index (χ4v) is 3.08. The normalized spacial score (nSPS) is 12.6. The van der Waals surface area contributed by atoms with Crippen LogP contribution in [0.4, 0.5) is 0 Å². The molecule has 0 aliphatic rings. The minimum Gasteiger partial charge on any atom is -0.350 e. The molecule has 2 aromatic rings. The van der Waals surface area contributed by atoms with Gasteiger partial charge in [0.25, 0.3) is 0 Å². The lowest BCUT2D eigenvalue weighted by atomic mass is 10.1. The molecule has 0 aromatic heterocycles. The highest BCUT2D eigenvalue weighted by molar-refractivity contribution is 7.89. The molecule has 1 atom stereocenters. The quantitative estimate of drug-likeness (QED) is 0.808. The molecule has 2 aromatic carbocycles. The average molecular weight is 346 g/mol. The standard InChI is InChI=1S/C18H22N2O3S/c1-14(16-6-4-3-5-7-16)20-18(21)13-10-15-8-11-17(12-9-15)24(22,23)19-2/h3-9,11-12,14,19H,10,13H2,1-2H3,(H,20,21). The fourth-order valence-electron chi connectivity index (χ4n) is 2.35. The zero-order valence-corrected chi connectivity index (χ0v) is 14.6. The van der Waals surface area contributed by atoms with Crippen molar-refractivity contribution in [3.63, 3.8) is 0 Å². The molecule has 2 rings (SSSR count). The molecule has 128 valence electrons. The molecule has 0 bridgehead atoms. The number of hydrogen-bond donors (Lipinski definition) is 2. The third-order valence-corrected chi connectivity index (χ3v) is 5.25. The first-order valence-electron chi connectivity index (χ1n) is 7.79. The number of carbonyl (C=O) groups is 1. The second-order valence-electron chi connectivity index (χ2n) is 5.55. The van der Waals surface area contributed by atoms with E-state index in [0.29, 0.717) is 12.8 Å². The van der Waals surface area contributed by atoms with Crippen molar-refractivity contribution in [3.05, 3.63) is 65.7 Å². The minimum atomic E-state index is -3.42. The maximum Gasteiger partial charge on any atom is 0.240 e. The van der Waals surface area contributed by atoms with Crippen LogP contribution in [0.5, 0.6) is 0 Å². The number of benzene rings is 2. The molecule has 24 heavy (non-hydrogen) atoms. The summed E-state index contributed by atoms with van der Waals surface area (Å²) in [7, 11) is -2.05. The summed E-state index contributed by atoms with van der Waals surface area (Å²) >= 11 is 0. The van der Waals surface area contributed by atoms with Gasteiger partial charge in [-0.3, -0.25) is 4.79 Å². The smallest absolute Gasteiger partial charge is 0.240 e. The zero-order valence-electron chi connectivity index (χ0n) is 13.8. The molecule has 0 saturated carbocycles. The van der Waals surface area contributed by atoms with Crippen LogP contribution in [0.2, 0.25) is 0 Å². The Labute approximate surface area is 143 Å². The molecule has 0 radical (unpaired) electrons. The molecule has 5 nitrogen and oxygen atoms in total. The highest BCUT2D eigenvalue weighted by atomic mass is 32.2. The molecule has 0 aliphatic heterocycles. The van der Waals surface area contributed by atoms with E-state index in [2.05, 4.69) is 10.0 Å². The van der Waals surface area contributed by atoms with E-state index in [4.69, 9.17) is 0 Å². The van der Waals surface area contributed by atoms with Crippen molar-refractivity contribution >= 4 is 15.9 Å². The number of amides is 1. The van der Waals surface area contributed by atoms with Crippen molar-refractivity contribution in [1.82, 2.24) is 10.0 Å². The second kappa shape index (κ2) is 8.08. The van der Waals surface area contributed by atoms with Crippen LogP contribution in [0.3, 0.4) is 0 Å². The molecular formula is C18H22N2O3S. The van der Waals surface area contributed by atoms with Gasteiger partial charge in [-0.1, -0.05) is 42.5 Å². The van der Waals surface area contributed by atoms with Gasteiger partial charge in [-0.15, -0.1) is 0 Å². The lowest BCUT2D eigenvalue weighted by Crippen LogP contribution is -2.26. The van der Waals surface area contributed by atoms with E-state index in [9.17, 15) is 13.2 Å². The van der Waals surface area contributed by atoms with Crippen molar-refractivity contribution < 1.29 is 13.2 Å².